The molecule has 0 fully saturated rings. The van der Waals surface area contributed by atoms with Gasteiger partial charge in [-0.3, -0.25) is 0 Å². The van der Waals surface area contributed by atoms with Crippen LogP contribution in [0.3, 0.4) is 0 Å². The molecule has 0 aliphatic heterocycles. The Morgan fingerprint density at radius 1 is 2.00 bits per heavy atom. The SMILES string of the molecule is C[C]=[N+]=[N-]. The molecule has 0 bridgehead atoms. The van der Waals surface area contributed by atoms with Gasteiger partial charge in [-0.15, -0.1) is 0 Å². The standard InChI is InChI=1S/C2H3N2/c1-2-4-3/h1H3. The summed E-state index contributed by atoms with van der Waals surface area (Å²) in [7, 11) is 0. The average Bonchev–Trinajstić information content (AvgIpc) is 1.37. The molecular weight excluding hydrogens is 52.0 g/mol. The van der Waals surface area contributed by atoms with E-state index in [1.807, 2.05) is 0 Å². The summed E-state index contributed by atoms with van der Waals surface area (Å²) in [5, 5.41) is 0. The van der Waals surface area contributed by atoms with Gasteiger partial charge < -0.3 is 5.53 Å². The predicted molar refractivity (Wildman–Crippen MR) is 14.3 cm³/mol. The lowest BCUT2D eigenvalue weighted by Crippen LogP contribution is -1.48. The van der Waals surface area contributed by atoms with Crippen molar-refractivity contribution in [3.8, 4) is 0 Å². The summed E-state index contributed by atoms with van der Waals surface area (Å²) in [6.45, 7) is 1.51. The molecule has 0 aliphatic carbocycles. The normalized spacial score (nSPS) is 4.25. The Bertz CT molecular complexity index is 42.0. The zero-order valence-corrected chi connectivity index (χ0v) is 2.39. The van der Waals surface area contributed by atoms with Crippen LogP contribution < -0.4 is 0 Å². The Kier molecular flexibility index (Phi) is 2.01. The second-order valence-electron chi connectivity index (χ2n) is 0.324. The van der Waals surface area contributed by atoms with E-state index in [-0.39, 0.29) is 0 Å². The predicted octanol–water partition coefficient (Wildman–Crippen LogP) is 0.184. The molecule has 0 saturated carbocycles. The summed E-state index contributed by atoms with van der Waals surface area (Å²) in [6, 6.07) is 0. The number of hydrogen-bond donors (Lipinski definition) is 0. The van der Waals surface area contributed by atoms with Gasteiger partial charge in [0.2, 0.25) is 0 Å². The molecule has 2 heteroatoms. The van der Waals surface area contributed by atoms with Gasteiger partial charge in [0.05, 0.1) is 0 Å². The van der Waals surface area contributed by atoms with Gasteiger partial charge in [0.1, 0.15) is 0 Å². The zero-order valence-electron chi connectivity index (χ0n) is 2.39. The molecule has 0 aromatic carbocycles. The van der Waals surface area contributed by atoms with E-state index in [9.17, 15) is 0 Å². The summed E-state index contributed by atoms with van der Waals surface area (Å²) < 4.78 is 0. The quantitative estimate of drug-likeness (QED) is 0.215. The van der Waals surface area contributed by atoms with E-state index < -0.39 is 0 Å². The lowest BCUT2D eigenvalue weighted by Gasteiger charge is -1.27. The van der Waals surface area contributed by atoms with Gasteiger partial charge in [-0.05, 0) is 0 Å². The van der Waals surface area contributed by atoms with Crippen LogP contribution in [0.15, 0.2) is 0 Å². The van der Waals surface area contributed by atoms with Crippen molar-refractivity contribution in [2.45, 2.75) is 6.92 Å². The van der Waals surface area contributed by atoms with Crippen molar-refractivity contribution in [3.05, 3.63) is 5.53 Å². The Labute approximate surface area is 24.7 Å². The smallest absolute Gasteiger partial charge is 0.361 e. The minimum Gasteiger partial charge on any atom is -0.361 e. The summed E-state index contributed by atoms with van der Waals surface area (Å²) in [6.07, 6.45) is 2.11. The fourth-order valence-electron chi connectivity index (χ4n) is 0. The first kappa shape index (κ1) is 3.38. The Balaban J connectivity index is 3.11. The average molecular weight is 55.1 g/mol. The van der Waals surface area contributed by atoms with Crippen LogP contribution in [0.4, 0.5) is 0 Å². The third-order valence-electron chi connectivity index (χ3n) is 0.100. The van der Waals surface area contributed by atoms with Crippen LogP contribution in [0.5, 0.6) is 0 Å². The molecule has 0 N–H and O–H groups in total. The number of hydrogen-bond acceptors (Lipinski definition) is 0. The first-order valence-electron chi connectivity index (χ1n) is 0.924. The van der Waals surface area contributed by atoms with E-state index >= 15 is 0 Å². The van der Waals surface area contributed by atoms with Gasteiger partial charge >= 0.3 is 6.21 Å². The van der Waals surface area contributed by atoms with E-state index in [4.69, 9.17) is 5.53 Å². The molecule has 0 rings (SSSR count). The third kappa shape index (κ3) is 1.38. The van der Waals surface area contributed by atoms with Gasteiger partial charge in [0, 0.05) is 6.92 Å². The Hall–Kier alpha value is -0.620. The maximum atomic E-state index is 7.39. The van der Waals surface area contributed by atoms with Crippen molar-refractivity contribution in [2.24, 2.45) is 0 Å². The molecule has 2 nitrogen and oxygen atoms in total. The van der Waals surface area contributed by atoms with Crippen LogP contribution in [0, 0.1) is 0 Å². The van der Waals surface area contributed by atoms with Crippen molar-refractivity contribution in [1.82, 2.24) is 0 Å². The van der Waals surface area contributed by atoms with E-state index in [1.54, 1.807) is 0 Å². The lowest BCUT2D eigenvalue weighted by molar-refractivity contribution is 0.00298. The van der Waals surface area contributed by atoms with Gasteiger partial charge in [0.15, 0.2) is 0 Å². The molecule has 0 saturated heterocycles. The van der Waals surface area contributed by atoms with Crippen molar-refractivity contribution in [2.75, 3.05) is 0 Å². The highest BCUT2D eigenvalue weighted by Crippen LogP contribution is 1.19. The highest BCUT2D eigenvalue weighted by Gasteiger charge is 1.45. The summed E-state index contributed by atoms with van der Waals surface area (Å²) >= 11 is 0. The van der Waals surface area contributed by atoms with Crippen LogP contribution in [-0.2, 0) is 0 Å². The zero-order chi connectivity index (χ0) is 3.41. The highest BCUT2D eigenvalue weighted by molar-refractivity contribution is 5.45. The van der Waals surface area contributed by atoms with Gasteiger partial charge in [-0.25, -0.2) is 0 Å². The maximum absolute atomic E-state index is 7.39. The fourth-order valence-corrected chi connectivity index (χ4v) is 0. The van der Waals surface area contributed by atoms with Crippen LogP contribution >= 0.6 is 0 Å². The van der Waals surface area contributed by atoms with Crippen molar-refractivity contribution in [3.63, 3.8) is 0 Å². The van der Waals surface area contributed by atoms with E-state index in [2.05, 4.69) is 11.0 Å². The largest absolute Gasteiger partial charge is 0.371 e. The summed E-state index contributed by atoms with van der Waals surface area (Å²) in [4.78, 5) is 2.49. The van der Waals surface area contributed by atoms with Crippen molar-refractivity contribution < 1.29 is 4.79 Å². The first-order valence-corrected chi connectivity index (χ1v) is 0.924. The van der Waals surface area contributed by atoms with Crippen LogP contribution in [0.25, 0.3) is 5.53 Å². The molecule has 21 valence electrons. The molecular formula is C2H3N2. The molecule has 0 amide bonds. The van der Waals surface area contributed by atoms with Gasteiger partial charge in [-0.2, -0.15) is 4.79 Å². The molecule has 0 aliphatic rings. The number of nitrogens with zero attached hydrogens (tertiary/aromatic N) is 2. The molecule has 1 radical (unpaired) electrons. The topological polar surface area (TPSA) is 36.4 Å². The second-order valence-corrected chi connectivity index (χ2v) is 0.324. The van der Waals surface area contributed by atoms with Crippen molar-refractivity contribution >= 4 is 6.21 Å². The van der Waals surface area contributed by atoms with E-state index in [0.717, 1.165) is 0 Å². The summed E-state index contributed by atoms with van der Waals surface area (Å²) in [5.74, 6) is 0. The molecule has 0 spiro atoms. The molecule has 0 unspecified atom stereocenters. The van der Waals surface area contributed by atoms with Gasteiger partial charge in [-0.1, -0.05) is 0 Å². The second kappa shape index (κ2) is 2.38. The first-order chi connectivity index (χ1) is 1.91. The highest BCUT2D eigenvalue weighted by atomic mass is 14.8. The minimum atomic E-state index is 1.51. The van der Waals surface area contributed by atoms with Crippen LogP contribution in [0.1, 0.15) is 6.92 Å². The monoisotopic (exact) mass is 55.0 g/mol. The minimum absolute atomic E-state index is 1.51. The van der Waals surface area contributed by atoms with Crippen LogP contribution in [-0.4, -0.2) is 11.0 Å². The molecule has 0 aromatic rings. The molecule has 0 atom stereocenters. The number of rotatable bonds is 0. The van der Waals surface area contributed by atoms with E-state index in [1.165, 1.54) is 6.92 Å². The molecule has 0 heterocycles. The molecule has 0 aromatic heterocycles. The van der Waals surface area contributed by atoms with Crippen LogP contribution in [0.2, 0.25) is 0 Å². The van der Waals surface area contributed by atoms with E-state index in [0.29, 0.717) is 0 Å². The Morgan fingerprint density at radius 3 is 2.25 bits per heavy atom. The third-order valence-corrected chi connectivity index (χ3v) is 0.100. The lowest BCUT2D eigenvalue weighted by atomic mass is 10.9. The maximum Gasteiger partial charge on any atom is 0.371 e. The molecule has 4 heavy (non-hydrogen) atoms. The van der Waals surface area contributed by atoms with Gasteiger partial charge in [0.25, 0.3) is 0 Å². The van der Waals surface area contributed by atoms with Crippen molar-refractivity contribution in [1.29, 1.82) is 0 Å². The Morgan fingerprint density at radius 2 is 2.25 bits per heavy atom. The summed E-state index contributed by atoms with van der Waals surface area (Å²) in [5.41, 5.74) is 7.39. The fraction of sp³-hybridized carbons (Fsp3) is 0.500.